The van der Waals surface area contributed by atoms with Crippen LogP contribution in [-0.2, 0) is 0 Å². The molecule has 0 heterocycles. The van der Waals surface area contributed by atoms with Crippen LogP contribution >= 0.6 is 11.8 Å². The van der Waals surface area contributed by atoms with Crippen molar-refractivity contribution in [3.63, 3.8) is 0 Å². The number of halogens is 2. The van der Waals surface area contributed by atoms with Crippen molar-refractivity contribution in [2.24, 2.45) is 0 Å². The van der Waals surface area contributed by atoms with Gasteiger partial charge in [-0.25, -0.2) is 8.78 Å². The van der Waals surface area contributed by atoms with Crippen LogP contribution < -0.4 is 5.32 Å². The molecule has 1 N–H and O–H groups in total. The SMILES string of the molecule is CNc1cc(F)c(SC)c(F)c1. The molecule has 0 aliphatic rings. The summed E-state index contributed by atoms with van der Waals surface area (Å²) in [4.78, 5) is 0.0639. The summed E-state index contributed by atoms with van der Waals surface area (Å²) < 4.78 is 26.0. The number of hydrogen-bond donors (Lipinski definition) is 1. The zero-order valence-electron chi connectivity index (χ0n) is 6.82. The molecule has 66 valence electrons. The first-order valence-electron chi connectivity index (χ1n) is 3.40. The highest BCUT2D eigenvalue weighted by molar-refractivity contribution is 7.98. The Balaban J connectivity index is 3.18. The Hall–Kier alpha value is -0.770. The second-order valence-corrected chi connectivity index (χ2v) is 3.04. The molecule has 12 heavy (non-hydrogen) atoms. The second-order valence-electron chi connectivity index (χ2n) is 2.22. The first-order chi connectivity index (χ1) is 5.69. The van der Waals surface area contributed by atoms with Crippen LogP contribution in [0.4, 0.5) is 14.5 Å². The largest absolute Gasteiger partial charge is 0.388 e. The molecule has 1 nitrogen and oxygen atoms in total. The number of hydrogen-bond acceptors (Lipinski definition) is 2. The third-order valence-corrected chi connectivity index (χ3v) is 2.29. The Kier molecular flexibility index (Phi) is 2.92. The molecule has 0 radical (unpaired) electrons. The summed E-state index contributed by atoms with van der Waals surface area (Å²) in [5.41, 5.74) is 0.447. The number of nitrogens with one attached hydrogen (secondary N) is 1. The molecule has 4 heteroatoms. The van der Waals surface area contributed by atoms with Gasteiger partial charge in [-0.2, -0.15) is 0 Å². The van der Waals surface area contributed by atoms with Crippen LogP contribution in [0.5, 0.6) is 0 Å². The minimum absolute atomic E-state index is 0.0639. The number of benzene rings is 1. The fourth-order valence-corrected chi connectivity index (χ4v) is 1.41. The van der Waals surface area contributed by atoms with E-state index in [1.165, 1.54) is 12.1 Å². The van der Waals surface area contributed by atoms with Crippen molar-refractivity contribution in [1.29, 1.82) is 0 Å². The predicted molar refractivity (Wildman–Crippen MR) is 47.7 cm³/mol. The Bertz CT molecular complexity index is 265. The normalized spacial score (nSPS) is 10.0. The van der Waals surface area contributed by atoms with Gasteiger partial charge in [0.1, 0.15) is 11.6 Å². The quantitative estimate of drug-likeness (QED) is 0.718. The molecule has 0 fully saturated rings. The van der Waals surface area contributed by atoms with Crippen molar-refractivity contribution in [1.82, 2.24) is 0 Å². The number of rotatable bonds is 2. The lowest BCUT2D eigenvalue weighted by Crippen LogP contribution is -1.93. The van der Waals surface area contributed by atoms with Gasteiger partial charge in [-0.3, -0.25) is 0 Å². The maximum Gasteiger partial charge on any atom is 0.141 e. The molecule has 0 aliphatic heterocycles. The summed E-state index contributed by atoms with van der Waals surface area (Å²) >= 11 is 1.06. The van der Waals surface area contributed by atoms with Gasteiger partial charge in [-0.15, -0.1) is 11.8 Å². The zero-order chi connectivity index (χ0) is 9.14. The van der Waals surface area contributed by atoms with Crippen LogP contribution in [0.15, 0.2) is 17.0 Å². The van der Waals surface area contributed by atoms with Crippen molar-refractivity contribution in [3.8, 4) is 0 Å². The highest BCUT2D eigenvalue weighted by atomic mass is 32.2. The van der Waals surface area contributed by atoms with E-state index in [9.17, 15) is 8.78 Å². The fourth-order valence-electron chi connectivity index (χ4n) is 0.899. The molecule has 0 saturated carbocycles. The topological polar surface area (TPSA) is 12.0 Å². The van der Waals surface area contributed by atoms with Crippen LogP contribution in [0.1, 0.15) is 0 Å². The van der Waals surface area contributed by atoms with Crippen LogP contribution in [0.25, 0.3) is 0 Å². The van der Waals surface area contributed by atoms with E-state index < -0.39 is 11.6 Å². The average Bonchev–Trinajstić information content (AvgIpc) is 2.03. The highest BCUT2D eigenvalue weighted by Gasteiger charge is 2.08. The molecule has 0 atom stereocenters. The van der Waals surface area contributed by atoms with E-state index in [2.05, 4.69) is 5.32 Å². The van der Waals surface area contributed by atoms with Gasteiger partial charge in [-0.05, 0) is 18.4 Å². The van der Waals surface area contributed by atoms with Gasteiger partial charge in [0, 0.05) is 12.7 Å². The fraction of sp³-hybridized carbons (Fsp3) is 0.250. The van der Waals surface area contributed by atoms with Crippen molar-refractivity contribution in [3.05, 3.63) is 23.8 Å². The highest BCUT2D eigenvalue weighted by Crippen LogP contribution is 2.25. The Morgan fingerprint density at radius 3 is 2.08 bits per heavy atom. The smallest absolute Gasteiger partial charge is 0.141 e. The van der Waals surface area contributed by atoms with Crippen LogP contribution in [0.2, 0.25) is 0 Å². The van der Waals surface area contributed by atoms with E-state index in [4.69, 9.17) is 0 Å². The molecule has 0 aromatic heterocycles. The second kappa shape index (κ2) is 3.76. The minimum Gasteiger partial charge on any atom is -0.388 e. The first kappa shape index (κ1) is 9.32. The van der Waals surface area contributed by atoms with Crippen molar-refractivity contribution >= 4 is 17.4 Å². The maximum atomic E-state index is 13.0. The summed E-state index contributed by atoms with van der Waals surface area (Å²) in [5.74, 6) is -1.04. The van der Waals surface area contributed by atoms with Gasteiger partial charge in [0.15, 0.2) is 0 Å². The lowest BCUT2D eigenvalue weighted by Gasteiger charge is -2.04. The molecule has 1 rings (SSSR count). The van der Waals surface area contributed by atoms with E-state index in [1.54, 1.807) is 13.3 Å². The van der Waals surface area contributed by atoms with Crippen molar-refractivity contribution in [2.45, 2.75) is 4.90 Å². The van der Waals surface area contributed by atoms with Crippen molar-refractivity contribution < 1.29 is 8.78 Å². The van der Waals surface area contributed by atoms with E-state index in [1.807, 2.05) is 0 Å². The molecular formula is C8H9F2NS. The predicted octanol–water partition coefficient (Wildman–Crippen LogP) is 2.73. The molecule has 0 amide bonds. The van der Waals surface area contributed by atoms with Crippen LogP contribution in [-0.4, -0.2) is 13.3 Å². The minimum atomic E-state index is -0.521. The van der Waals surface area contributed by atoms with E-state index in [-0.39, 0.29) is 4.90 Å². The lowest BCUT2D eigenvalue weighted by molar-refractivity contribution is 0.542. The molecule has 1 aromatic carbocycles. The summed E-state index contributed by atoms with van der Waals surface area (Å²) in [6.07, 6.45) is 1.64. The van der Waals surface area contributed by atoms with E-state index in [0.717, 1.165) is 11.8 Å². The van der Waals surface area contributed by atoms with Crippen molar-refractivity contribution in [2.75, 3.05) is 18.6 Å². The number of anilines is 1. The zero-order valence-corrected chi connectivity index (χ0v) is 7.64. The van der Waals surface area contributed by atoms with Gasteiger partial charge in [-0.1, -0.05) is 0 Å². The molecule has 0 aliphatic carbocycles. The third-order valence-electron chi connectivity index (χ3n) is 1.49. The summed E-state index contributed by atoms with van der Waals surface area (Å²) in [6, 6.07) is 2.55. The average molecular weight is 189 g/mol. The summed E-state index contributed by atoms with van der Waals surface area (Å²) in [5, 5.41) is 2.67. The van der Waals surface area contributed by atoms with Gasteiger partial charge in [0.25, 0.3) is 0 Å². The Labute approximate surface area is 74.2 Å². The standard InChI is InChI=1S/C8H9F2NS/c1-11-5-3-6(9)8(12-2)7(10)4-5/h3-4,11H,1-2H3. The first-order valence-corrected chi connectivity index (χ1v) is 4.62. The number of thioether (sulfide) groups is 1. The molecule has 1 aromatic rings. The maximum absolute atomic E-state index is 13.0. The molecule has 0 bridgehead atoms. The molecule has 0 spiro atoms. The van der Waals surface area contributed by atoms with Gasteiger partial charge in [0.05, 0.1) is 4.90 Å². The van der Waals surface area contributed by atoms with Crippen LogP contribution in [0.3, 0.4) is 0 Å². The van der Waals surface area contributed by atoms with E-state index in [0.29, 0.717) is 5.69 Å². The molecule has 0 unspecified atom stereocenters. The third kappa shape index (κ3) is 1.69. The van der Waals surface area contributed by atoms with Crippen LogP contribution in [0, 0.1) is 11.6 Å². The van der Waals surface area contributed by atoms with Gasteiger partial charge in [0.2, 0.25) is 0 Å². The molecule has 0 saturated heterocycles. The Morgan fingerprint density at radius 2 is 1.75 bits per heavy atom. The summed E-state index contributed by atoms with van der Waals surface area (Å²) in [7, 11) is 1.62. The monoisotopic (exact) mass is 189 g/mol. The van der Waals surface area contributed by atoms with Gasteiger partial charge >= 0.3 is 0 Å². The summed E-state index contributed by atoms with van der Waals surface area (Å²) in [6.45, 7) is 0. The lowest BCUT2D eigenvalue weighted by atomic mass is 10.3. The molecular weight excluding hydrogens is 180 g/mol. The van der Waals surface area contributed by atoms with E-state index >= 15 is 0 Å². The Morgan fingerprint density at radius 1 is 1.25 bits per heavy atom. The van der Waals surface area contributed by atoms with Gasteiger partial charge < -0.3 is 5.32 Å².